The highest BCUT2D eigenvalue weighted by Crippen LogP contribution is 2.23. The van der Waals surface area contributed by atoms with E-state index in [1.807, 2.05) is 16.8 Å². The number of aromatic nitrogens is 3. The summed E-state index contributed by atoms with van der Waals surface area (Å²) in [6.07, 6.45) is 6.73. The maximum absolute atomic E-state index is 13.1. The van der Waals surface area contributed by atoms with E-state index >= 15 is 0 Å². The minimum Gasteiger partial charge on any atom is -0.496 e. The van der Waals surface area contributed by atoms with Crippen LogP contribution < -0.4 is 4.74 Å². The molecule has 1 saturated heterocycles. The molecule has 1 aromatic heterocycles. The highest BCUT2D eigenvalue weighted by molar-refractivity contribution is 5.37. The quantitative estimate of drug-likeness (QED) is 0.468. The third-order valence-electron chi connectivity index (χ3n) is 6.50. The summed E-state index contributed by atoms with van der Waals surface area (Å²) < 4.78 is 20.4. The fraction of sp³-hybridized carbons (Fsp3) is 0.462. The SMILES string of the molecule is COc1ccc(CN(C)CC2CCN(CCc3ccc(F)cc3)CC2)cc1Cn1cncn1. The number of halogens is 1. The van der Waals surface area contributed by atoms with Gasteiger partial charge >= 0.3 is 0 Å². The van der Waals surface area contributed by atoms with E-state index in [9.17, 15) is 4.39 Å². The van der Waals surface area contributed by atoms with Crippen molar-refractivity contribution < 1.29 is 9.13 Å². The minimum absolute atomic E-state index is 0.162. The monoisotopic (exact) mass is 451 g/mol. The van der Waals surface area contributed by atoms with Gasteiger partial charge in [-0.3, -0.25) is 0 Å². The molecule has 1 aliphatic heterocycles. The van der Waals surface area contributed by atoms with Crippen LogP contribution >= 0.6 is 0 Å². The number of likely N-dealkylation sites (tertiary alicyclic amines) is 1. The molecule has 0 amide bonds. The lowest BCUT2D eigenvalue weighted by molar-refractivity contribution is 0.153. The summed E-state index contributed by atoms with van der Waals surface area (Å²) in [6, 6.07) is 13.3. The van der Waals surface area contributed by atoms with Crippen LogP contribution in [0, 0.1) is 11.7 Å². The zero-order valence-corrected chi connectivity index (χ0v) is 19.7. The first-order chi connectivity index (χ1) is 16.1. The van der Waals surface area contributed by atoms with Crippen LogP contribution in [0.2, 0.25) is 0 Å². The normalized spacial score (nSPS) is 15.3. The van der Waals surface area contributed by atoms with Crippen LogP contribution in [0.5, 0.6) is 5.75 Å². The molecule has 0 atom stereocenters. The van der Waals surface area contributed by atoms with Crippen molar-refractivity contribution >= 4 is 0 Å². The van der Waals surface area contributed by atoms with Gasteiger partial charge in [-0.25, -0.2) is 14.1 Å². The highest BCUT2D eigenvalue weighted by atomic mass is 19.1. The second-order valence-corrected chi connectivity index (χ2v) is 9.10. The molecule has 176 valence electrons. The van der Waals surface area contributed by atoms with Crippen molar-refractivity contribution in [3.8, 4) is 5.75 Å². The van der Waals surface area contributed by atoms with Crippen molar-refractivity contribution in [2.24, 2.45) is 5.92 Å². The Labute approximate surface area is 196 Å². The van der Waals surface area contributed by atoms with Crippen molar-refractivity contribution in [2.45, 2.75) is 32.4 Å². The molecule has 0 aliphatic carbocycles. The fourth-order valence-electron chi connectivity index (χ4n) is 4.69. The number of hydrogen-bond acceptors (Lipinski definition) is 5. The largest absolute Gasteiger partial charge is 0.496 e. The van der Waals surface area contributed by atoms with Gasteiger partial charge in [0.2, 0.25) is 0 Å². The molecule has 2 heterocycles. The second-order valence-electron chi connectivity index (χ2n) is 9.10. The zero-order chi connectivity index (χ0) is 23.0. The summed E-state index contributed by atoms with van der Waals surface area (Å²) in [5.74, 6) is 1.44. The third-order valence-corrected chi connectivity index (χ3v) is 6.50. The molecule has 1 fully saturated rings. The molecule has 0 saturated carbocycles. The molecule has 6 nitrogen and oxygen atoms in total. The predicted octanol–water partition coefficient (Wildman–Crippen LogP) is 3.86. The van der Waals surface area contributed by atoms with Gasteiger partial charge in [-0.2, -0.15) is 5.10 Å². The molecule has 3 aromatic rings. The lowest BCUT2D eigenvalue weighted by atomic mass is 9.95. The maximum atomic E-state index is 13.1. The topological polar surface area (TPSA) is 46.4 Å². The third kappa shape index (κ3) is 6.85. The fourth-order valence-corrected chi connectivity index (χ4v) is 4.69. The molecule has 0 unspecified atom stereocenters. The average Bonchev–Trinajstić information content (AvgIpc) is 3.33. The molecule has 2 aromatic carbocycles. The van der Waals surface area contributed by atoms with Crippen LogP contribution in [0.3, 0.4) is 0 Å². The van der Waals surface area contributed by atoms with E-state index < -0.39 is 0 Å². The molecule has 33 heavy (non-hydrogen) atoms. The molecular formula is C26H34FN5O. The number of hydrogen-bond donors (Lipinski definition) is 0. The van der Waals surface area contributed by atoms with Gasteiger partial charge in [0.05, 0.1) is 13.7 Å². The molecular weight excluding hydrogens is 417 g/mol. The Morgan fingerprint density at radius 3 is 2.55 bits per heavy atom. The number of methoxy groups -OCH3 is 1. The number of benzene rings is 2. The molecule has 1 aliphatic rings. The number of piperidine rings is 1. The Bertz CT molecular complexity index is 984. The van der Waals surface area contributed by atoms with Crippen LogP contribution in [0.4, 0.5) is 4.39 Å². The first-order valence-electron chi connectivity index (χ1n) is 11.7. The summed E-state index contributed by atoms with van der Waals surface area (Å²) in [6.45, 7) is 6.01. The highest BCUT2D eigenvalue weighted by Gasteiger charge is 2.20. The predicted molar refractivity (Wildman–Crippen MR) is 128 cm³/mol. The Kier molecular flexibility index (Phi) is 8.07. The molecule has 0 spiro atoms. The van der Waals surface area contributed by atoms with Gasteiger partial charge in [0.1, 0.15) is 24.2 Å². The molecule has 0 N–H and O–H groups in total. The molecule has 7 heteroatoms. The van der Waals surface area contributed by atoms with Crippen molar-refractivity contribution in [1.29, 1.82) is 0 Å². The van der Waals surface area contributed by atoms with Gasteiger partial charge in [-0.15, -0.1) is 0 Å². The Morgan fingerprint density at radius 2 is 1.85 bits per heavy atom. The zero-order valence-electron chi connectivity index (χ0n) is 19.7. The van der Waals surface area contributed by atoms with Gasteiger partial charge < -0.3 is 14.5 Å². The van der Waals surface area contributed by atoms with Crippen molar-refractivity contribution in [2.75, 3.05) is 40.3 Å². The Morgan fingerprint density at radius 1 is 1.09 bits per heavy atom. The molecule has 4 rings (SSSR count). The smallest absolute Gasteiger partial charge is 0.137 e. The van der Waals surface area contributed by atoms with E-state index in [1.54, 1.807) is 31.9 Å². The average molecular weight is 452 g/mol. The van der Waals surface area contributed by atoms with Gasteiger partial charge in [0, 0.05) is 25.2 Å². The Balaban J connectivity index is 1.23. The number of nitrogens with zero attached hydrogens (tertiary/aromatic N) is 5. The maximum Gasteiger partial charge on any atom is 0.137 e. The van der Waals surface area contributed by atoms with E-state index in [0.29, 0.717) is 6.54 Å². The first kappa shape index (κ1) is 23.4. The summed E-state index contributed by atoms with van der Waals surface area (Å²) in [4.78, 5) is 9.00. The van der Waals surface area contributed by atoms with Crippen molar-refractivity contribution in [3.63, 3.8) is 0 Å². The van der Waals surface area contributed by atoms with Crippen molar-refractivity contribution in [3.05, 3.63) is 77.6 Å². The number of ether oxygens (including phenoxy) is 1. The number of rotatable bonds is 10. The lowest BCUT2D eigenvalue weighted by Gasteiger charge is -2.34. The summed E-state index contributed by atoms with van der Waals surface area (Å²) >= 11 is 0. The van der Waals surface area contributed by atoms with Crippen LogP contribution in [0.15, 0.2) is 55.1 Å². The van der Waals surface area contributed by atoms with Crippen LogP contribution in [-0.4, -0.2) is 64.9 Å². The van der Waals surface area contributed by atoms with E-state index in [4.69, 9.17) is 4.74 Å². The summed E-state index contributed by atoms with van der Waals surface area (Å²) in [5.41, 5.74) is 3.61. The second kappa shape index (κ2) is 11.4. The van der Waals surface area contributed by atoms with Gasteiger partial charge in [-0.1, -0.05) is 18.2 Å². The van der Waals surface area contributed by atoms with Gasteiger partial charge in [-0.05, 0) is 80.7 Å². The van der Waals surface area contributed by atoms with Gasteiger partial charge in [0.25, 0.3) is 0 Å². The lowest BCUT2D eigenvalue weighted by Crippen LogP contribution is -2.38. The minimum atomic E-state index is -0.162. The standard InChI is InChI=1S/C26H34FN5O/c1-30(17-23-5-8-26(33-2)24(15-23)18-32-20-28-19-29-32)16-22-10-13-31(14-11-22)12-9-21-3-6-25(27)7-4-21/h3-8,15,19-20,22H,9-14,16-18H2,1-2H3. The van der Waals surface area contributed by atoms with Crippen LogP contribution in [0.1, 0.15) is 29.5 Å². The molecule has 0 radical (unpaired) electrons. The first-order valence-corrected chi connectivity index (χ1v) is 11.7. The van der Waals surface area contributed by atoms with E-state index in [0.717, 1.165) is 56.4 Å². The summed E-state index contributed by atoms with van der Waals surface area (Å²) in [7, 11) is 3.92. The summed E-state index contributed by atoms with van der Waals surface area (Å²) in [5, 5.41) is 4.22. The van der Waals surface area contributed by atoms with Gasteiger partial charge in [0.15, 0.2) is 0 Å². The van der Waals surface area contributed by atoms with E-state index in [-0.39, 0.29) is 5.82 Å². The van der Waals surface area contributed by atoms with Crippen LogP contribution in [0.25, 0.3) is 0 Å². The van der Waals surface area contributed by atoms with Crippen molar-refractivity contribution in [1.82, 2.24) is 24.6 Å². The van der Waals surface area contributed by atoms with Crippen LogP contribution in [-0.2, 0) is 19.5 Å². The molecule has 0 bridgehead atoms. The van der Waals surface area contributed by atoms with E-state index in [2.05, 4.69) is 45.1 Å². The van der Waals surface area contributed by atoms with E-state index in [1.165, 1.54) is 24.0 Å². The Hall–Kier alpha value is -2.77.